The molecule has 3 fully saturated rings. The summed E-state index contributed by atoms with van der Waals surface area (Å²) in [5, 5.41) is 6.61. The lowest BCUT2D eigenvalue weighted by Crippen LogP contribution is -2.56. The first kappa shape index (κ1) is 14.1. The van der Waals surface area contributed by atoms with Gasteiger partial charge in [0.2, 0.25) is 0 Å². The Bertz CT molecular complexity index is 374. The summed E-state index contributed by atoms with van der Waals surface area (Å²) >= 11 is 0. The highest BCUT2D eigenvalue weighted by molar-refractivity contribution is 5.68. The van der Waals surface area contributed by atoms with E-state index in [2.05, 4.69) is 10.6 Å². The number of ether oxygens (including phenoxy) is 2. The van der Waals surface area contributed by atoms with Crippen LogP contribution in [0.15, 0.2) is 0 Å². The first-order chi connectivity index (χ1) is 9.39. The monoisotopic (exact) mass is 282 g/mol. The van der Waals surface area contributed by atoms with Gasteiger partial charge in [0.15, 0.2) is 0 Å². The molecule has 0 radical (unpaired) electrons. The number of hydrogen-bond acceptors (Lipinski definition) is 4. The van der Waals surface area contributed by atoms with Gasteiger partial charge in [-0.15, -0.1) is 0 Å². The van der Waals surface area contributed by atoms with Gasteiger partial charge in [0.25, 0.3) is 0 Å². The highest BCUT2D eigenvalue weighted by Crippen LogP contribution is 2.35. The van der Waals surface area contributed by atoms with Gasteiger partial charge in [-0.05, 0) is 52.9 Å². The molecule has 3 unspecified atom stereocenters. The van der Waals surface area contributed by atoms with Crippen LogP contribution in [0.2, 0.25) is 0 Å². The van der Waals surface area contributed by atoms with E-state index in [0.717, 1.165) is 19.3 Å². The Hall–Kier alpha value is -0.810. The molecule has 0 aromatic rings. The summed E-state index contributed by atoms with van der Waals surface area (Å²) in [7, 11) is 0. The zero-order valence-corrected chi connectivity index (χ0v) is 12.6. The maximum atomic E-state index is 11.6. The predicted octanol–water partition coefficient (Wildman–Crippen LogP) is 1.95. The molecule has 3 atom stereocenters. The van der Waals surface area contributed by atoms with Gasteiger partial charge in [0.05, 0.1) is 12.2 Å². The van der Waals surface area contributed by atoms with Gasteiger partial charge in [0, 0.05) is 18.1 Å². The zero-order chi connectivity index (χ0) is 14.3. The molecular formula is C15H26N2O3. The van der Waals surface area contributed by atoms with Gasteiger partial charge in [-0.3, -0.25) is 0 Å². The SMILES string of the molecule is CC(C)(C)OC(=O)NC1CC(NC2CC3CCC2O3)C1. The van der Waals surface area contributed by atoms with E-state index in [0.29, 0.717) is 24.3 Å². The minimum Gasteiger partial charge on any atom is -0.444 e. The van der Waals surface area contributed by atoms with Crippen molar-refractivity contribution in [3.63, 3.8) is 0 Å². The van der Waals surface area contributed by atoms with Crippen LogP contribution in [-0.4, -0.2) is 42.0 Å². The van der Waals surface area contributed by atoms with Crippen molar-refractivity contribution >= 4 is 6.09 Å². The first-order valence-corrected chi connectivity index (χ1v) is 7.80. The molecule has 3 rings (SSSR count). The molecule has 2 N–H and O–H groups in total. The average molecular weight is 282 g/mol. The van der Waals surface area contributed by atoms with E-state index in [1.807, 2.05) is 20.8 Å². The molecule has 2 aliphatic heterocycles. The molecule has 2 bridgehead atoms. The maximum Gasteiger partial charge on any atom is 0.407 e. The Balaban J connectivity index is 1.34. The number of alkyl carbamates (subject to hydrolysis) is 1. The fraction of sp³-hybridized carbons (Fsp3) is 0.933. The molecule has 2 saturated heterocycles. The summed E-state index contributed by atoms with van der Waals surface area (Å²) in [6.45, 7) is 5.65. The third-order valence-electron chi connectivity index (χ3n) is 4.41. The van der Waals surface area contributed by atoms with Crippen LogP contribution in [-0.2, 0) is 9.47 Å². The predicted molar refractivity (Wildman–Crippen MR) is 75.6 cm³/mol. The summed E-state index contributed by atoms with van der Waals surface area (Å²) in [4.78, 5) is 11.6. The number of fused-ring (bicyclic) bond motifs is 2. The van der Waals surface area contributed by atoms with Crippen molar-refractivity contribution in [3.05, 3.63) is 0 Å². The van der Waals surface area contributed by atoms with E-state index in [4.69, 9.17) is 9.47 Å². The molecule has 0 aromatic heterocycles. The number of rotatable bonds is 3. The van der Waals surface area contributed by atoms with Gasteiger partial charge < -0.3 is 20.1 Å². The third kappa shape index (κ3) is 3.26. The molecule has 5 heteroatoms. The number of hydrogen-bond donors (Lipinski definition) is 2. The average Bonchev–Trinajstić information content (AvgIpc) is 2.85. The van der Waals surface area contributed by atoms with E-state index < -0.39 is 5.60 Å². The standard InChI is InChI=1S/C15H26N2O3/c1-15(2,3)20-14(18)17-10-6-9(7-10)16-12-8-11-4-5-13(12)19-11/h9-13,16H,4-8H2,1-3H3,(H,17,18). The first-order valence-electron chi connectivity index (χ1n) is 7.80. The van der Waals surface area contributed by atoms with Crippen LogP contribution < -0.4 is 10.6 Å². The summed E-state index contributed by atoms with van der Waals surface area (Å²) in [6.07, 6.45) is 6.20. The van der Waals surface area contributed by atoms with Crippen LogP contribution >= 0.6 is 0 Å². The molecule has 0 aromatic carbocycles. The van der Waals surface area contributed by atoms with E-state index in [9.17, 15) is 4.79 Å². The lowest BCUT2D eigenvalue weighted by Gasteiger charge is -2.39. The van der Waals surface area contributed by atoms with Gasteiger partial charge in [-0.25, -0.2) is 4.79 Å². The summed E-state index contributed by atoms with van der Waals surface area (Å²) in [5.41, 5.74) is -0.425. The van der Waals surface area contributed by atoms with Crippen molar-refractivity contribution in [2.75, 3.05) is 0 Å². The molecule has 114 valence electrons. The van der Waals surface area contributed by atoms with Crippen LogP contribution in [0, 0.1) is 0 Å². The van der Waals surface area contributed by atoms with Gasteiger partial charge in [-0.1, -0.05) is 0 Å². The Labute approximate surface area is 120 Å². The highest BCUT2D eigenvalue weighted by Gasteiger charge is 2.43. The molecule has 1 aliphatic carbocycles. The smallest absolute Gasteiger partial charge is 0.407 e. The Morgan fingerprint density at radius 2 is 1.90 bits per heavy atom. The van der Waals surface area contributed by atoms with Crippen molar-refractivity contribution in [1.29, 1.82) is 0 Å². The van der Waals surface area contributed by atoms with Crippen LogP contribution in [0.5, 0.6) is 0 Å². The highest BCUT2D eigenvalue weighted by atomic mass is 16.6. The van der Waals surface area contributed by atoms with E-state index >= 15 is 0 Å². The summed E-state index contributed by atoms with van der Waals surface area (Å²) in [5.74, 6) is 0. The second-order valence-corrected chi connectivity index (χ2v) is 7.39. The van der Waals surface area contributed by atoms with Gasteiger partial charge >= 0.3 is 6.09 Å². The molecule has 1 amide bonds. The fourth-order valence-corrected chi connectivity index (χ4v) is 3.46. The Kier molecular flexibility index (Phi) is 3.67. The maximum absolute atomic E-state index is 11.6. The van der Waals surface area contributed by atoms with E-state index in [1.54, 1.807) is 0 Å². The second-order valence-electron chi connectivity index (χ2n) is 7.39. The molecule has 2 heterocycles. The summed E-state index contributed by atoms with van der Waals surface area (Å²) < 4.78 is 11.1. The Morgan fingerprint density at radius 3 is 2.45 bits per heavy atom. The van der Waals surface area contributed by atoms with Crippen LogP contribution in [0.3, 0.4) is 0 Å². The number of amides is 1. The Morgan fingerprint density at radius 1 is 1.15 bits per heavy atom. The van der Waals surface area contributed by atoms with Gasteiger partial charge in [-0.2, -0.15) is 0 Å². The lowest BCUT2D eigenvalue weighted by molar-refractivity contribution is 0.0456. The molecule has 20 heavy (non-hydrogen) atoms. The lowest BCUT2D eigenvalue weighted by atomic mass is 9.84. The third-order valence-corrected chi connectivity index (χ3v) is 4.41. The molecule has 1 saturated carbocycles. The molecule has 5 nitrogen and oxygen atoms in total. The van der Waals surface area contributed by atoms with E-state index in [1.165, 1.54) is 12.8 Å². The van der Waals surface area contributed by atoms with Crippen LogP contribution in [0.25, 0.3) is 0 Å². The topological polar surface area (TPSA) is 59.6 Å². The minimum absolute atomic E-state index is 0.252. The van der Waals surface area contributed by atoms with Crippen molar-refractivity contribution in [1.82, 2.24) is 10.6 Å². The van der Waals surface area contributed by atoms with E-state index in [-0.39, 0.29) is 12.1 Å². The normalized spacial score (nSPS) is 39.5. The largest absolute Gasteiger partial charge is 0.444 e. The zero-order valence-electron chi connectivity index (χ0n) is 12.6. The second kappa shape index (κ2) is 5.19. The molecule has 0 spiro atoms. The van der Waals surface area contributed by atoms with Crippen LogP contribution in [0.4, 0.5) is 4.79 Å². The van der Waals surface area contributed by atoms with Crippen molar-refractivity contribution in [2.45, 2.75) is 88.8 Å². The molecule has 3 aliphatic rings. The molecular weight excluding hydrogens is 256 g/mol. The number of carbonyl (C=O) groups excluding carboxylic acids is 1. The fourth-order valence-electron chi connectivity index (χ4n) is 3.46. The van der Waals surface area contributed by atoms with Crippen molar-refractivity contribution in [2.24, 2.45) is 0 Å². The summed E-state index contributed by atoms with van der Waals surface area (Å²) in [6, 6.07) is 1.30. The van der Waals surface area contributed by atoms with Crippen LogP contribution in [0.1, 0.15) is 52.9 Å². The van der Waals surface area contributed by atoms with Crippen molar-refractivity contribution < 1.29 is 14.3 Å². The number of carbonyl (C=O) groups is 1. The van der Waals surface area contributed by atoms with Crippen molar-refractivity contribution in [3.8, 4) is 0 Å². The minimum atomic E-state index is -0.425. The number of nitrogens with one attached hydrogen (secondary N) is 2. The van der Waals surface area contributed by atoms with Gasteiger partial charge in [0.1, 0.15) is 5.60 Å². The quantitative estimate of drug-likeness (QED) is 0.830.